The summed E-state index contributed by atoms with van der Waals surface area (Å²) in [6, 6.07) is 9.38. The molecular formula is C18H12BrNO4S2. The highest BCUT2D eigenvalue weighted by Crippen LogP contribution is 2.59. The van der Waals surface area contributed by atoms with Crippen LogP contribution >= 0.6 is 39.0 Å². The Balaban J connectivity index is 1.75. The monoisotopic (exact) mass is 449 g/mol. The molecule has 3 aromatic rings. The molecule has 5 nitrogen and oxygen atoms in total. The van der Waals surface area contributed by atoms with E-state index in [2.05, 4.69) is 20.9 Å². The highest BCUT2D eigenvalue weighted by molar-refractivity contribution is 9.10. The van der Waals surface area contributed by atoms with E-state index in [1.807, 2.05) is 31.2 Å². The van der Waals surface area contributed by atoms with Gasteiger partial charge in [0.15, 0.2) is 0 Å². The van der Waals surface area contributed by atoms with E-state index in [0.717, 1.165) is 42.8 Å². The van der Waals surface area contributed by atoms with Gasteiger partial charge >= 0.3 is 10.8 Å². The van der Waals surface area contributed by atoms with Crippen LogP contribution in [0.4, 0.5) is 0 Å². The van der Waals surface area contributed by atoms with Gasteiger partial charge in [0, 0.05) is 20.8 Å². The predicted molar refractivity (Wildman–Crippen MR) is 102 cm³/mol. The molecule has 0 radical (unpaired) electrons. The van der Waals surface area contributed by atoms with Crippen molar-refractivity contribution in [2.75, 3.05) is 0 Å². The molecule has 2 aromatic heterocycles. The minimum atomic E-state index is -0.453. The number of hydrogen-bond acceptors (Lipinski definition) is 6. The number of thioether (sulfide) groups is 1. The van der Waals surface area contributed by atoms with E-state index in [1.54, 1.807) is 6.07 Å². The number of aromatic amines is 1. The van der Waals surface area contributed by atoms with Crippen molar-refractivity contribution < 1.29 is 13.9 Å². The van der Waals surface area contributed by atoms with E-state index in [0.29, 0.717) is 5.75 Å². The third kappa shape index (κ3) is 2.43. The maximum absolute atomic E-state index is 12.9. The number of fused-ring (bicyclic) bond motifs is 5. The molecule has 5 rings (SSSR count). The van der Waals surface area contributed by atoms with Crippen LogP contribution in [0.15, 0.2) is 49.0 Å². The molecule has 0 unspecified atom stereocenters. The zero-order valence-electron chi connectivity index (χ0n) is 13.4. The van der Waals surface area contributed by atoms with Crippen LogP contribution in [0.3, 0.4) is 0 Å². The summed E-state index contributed by atoms with van der Waals surface area (Å²) >= 11 is 6.13. The number of H-pyrrole nitrogens is 1. The molecule has 26 heavy (non-hydrogen) atoms. The van der Waals surface area contributed by atoms with Crippen molar-refractivity contribution in [2.24, 2.45) is 5.92 Å². The zero-order valence-corrected chi connectivity index (χ0v) is 16.7. The third-order valence-corrected chi connectivity index (χ3v) is 7.61. The Kier molecular flexibility index (Phi) is 3.70. The molecule has 0 saturated carbocycles. The van der Waals surface area contributed by atoms with Crippen LogP contribution in [0, 0.1) is 12.8 Å². The van der Waals surface area contributed by atoms with Crippen molar-refractivity contribution in [3.05, 3.63) is 66.4 Å². The molecule has 0 spiro atoms. The summed E-state index contributed by atoms with van der Waals surface area (Å²) < 4.78 is 12.4. The first kappa shape index (κ1) is 16.4. The van der Waals surface area contributed by atoms with E-state index >= 15 is 0 Å². The largest absolute Gasteiger partial charge is 0.465 e. The summed E-state index contributed by atoms with van der Waals surface area (Å²) in [5.74, 6) is 1.07. The molecule has 0 aliphatic carbocycles. The lowest BCUT2D eigenvalue weighted by atomic mass is 9.79. The van der Waals surface area contributed by atoms with Gasteiger partial charge in [-0.1, -0.05) is 39.0 Å². The maximum atomic E-state index is 12.9. The second kappa shape index (κ2) is 5.87. The average molecular weight is 450 g/mol. The molecule has 4 heterocycles. The number of benzene rings is 1. The summed E-state index contributed by atoms with van der Waals surface area (Å²) in [4.78, 5) is 28.6. The fourth-order valence-corrected chi connectivity index (χ4v) is 6.54. The van der Waals surface area contributed by atoms with Crippen molar-refractivity contribution in [1.82, 2.24) is 4.98 Å². The summed E-state index contributed by atoms with van der Waals surface area (Å²) in [5, 5.41) is 0.548. The number of ether oxygens (including phenoxy) is 1. The van der Waals surface area contributed by atoms with Gasteiger partial charge in [0.05, 0.1) is 16.2 Å². The van der Waals surface area contributed by atoms with Crippen molar-refractivity contribution in [1.29, 1.82) is 0 Å². The third-order valence-electron chi connectivity index (χ3n) is 4.69. The van der Waals surface area contributed by atoms with E-state index in [4.69, 9.17) is 9.15 Å². The van der Waals surface area contributed by atoms with Gasteiger partial charge < -0.3 is 14.1 Å². The Bertz CT molecular complexity index is 1100. The zero-order chi connectivity index (χ0) is 18.0. The van der Waals surface area contributed by atoms with Crippen LogP contribution < -0.4 is 9.61 Å². The number of halogens is 1. The lowest BCUT2D eigenvalue weighted by Crippen LogP contribution is -2.37. The molecule has 0 bridgehead atoms. The minimum Gasteiger partial charge on any atom is -0.465 e. The fraction of sp³-hybridized carbons (Fsp3) is 0.222. The Hall–Kier alpha value is -1.77. The Labute approximate surface area is 164 Å². The first-order valence-electron chi connectivity index (χ1n) is 7.98. The van der Waals surface area contributed by atoms with Crippen molar-refractivity contribution >= 4 is 45.0 Å². The van der Waals surface area contributed by atoms with E-state index in [9.17, 15) is 9.59 Å². The molecule has 0 fully saturated rings. The average Bonchev–Trinajstić information content (AvgIpc) is 3.19. The molecule has 8 heteroatoms. The minimum absolute atomic E-state index is 0.118. The van der Waals surface area contributed by atoms with Gasteiger partial charge in [0.1, 0.15) is 17.3 Å². The molecule has 0 amide bonds. The number of aromatic nitrogens is 1. The SMILES string of the molecule is Cc1ccc([C@H]2Sc3[nH]c(=O)sc3[C@@H]3c4cc(Br)ccc4OC(=O)[C@@H]32)o1. The van der Waals surface area contributed by atoms with Gasteiger partial charge in [-0.2, -0.15) is 0 Å². The van der Waals surface area contributed by atoms with Crippen molar-refractivity contribution in [3.63, 3.8) is 0 Å². The van der Waals surface area contributed by atoms with Gasteiger partial charge in [0.2, 0.25) is 0 Å². The number of hydrogen-bond donors (Lipinski definition) is 1. The molecule has 0 saturated heterocycles. The molecule has 1 aromatic carbocycles. The molecule has 3 atom stereocenters. The summed E-state index contributed by atoms with van der Waals surface area (Å²) in [5.41, 5.74) is 0.911. The quantitative estimate of drug-likeness (QED) is 0.433. The van der Waals surface area contributed by atoms with E-state index < -0.39 is 5.92 Å². The number of aryl methyl sites for hydroxylation is 1. The smallest absolute Gasteiger partial charge is 0.316 e. The second-order valence-electron chi connectivity index (χ2n) is 6.30. The van der Waals surface area contributed by atoms with E-state index in [1.165, 1.54) is 11.8 Å². The van der Waals surface area contributed by atoms with Gasteiger partial charge in [-0.25, -0.2) is 0 Å². The standard InChI is InChI=1S/C18H12BrNO4S2/c1-7-2-4-11(23-7)14-13-12(15-16(25-14)20-18(22)26-15)9-6-8(19)3-5-10(9)24-17(13)21/h2-6,12-14H,1H3,(H,20,22)/t12-,13+,14-/m1/s1. The van der Waals surface area contributed by atoms with Gasteiger partial charge in [-0.3, -0.25) is 9.59 Å². The number of esters is 1. The molecular weight excluding hydrogens is 438 g/mol. The van der Waals surface area contributed by atoms with Crippen LogP contribution in [0.2, 0.25) is 0 Å². The summed E-state index contributed by atoms with van der Waals surface area (Å²) in [6.07, 6.45) is 0. The maximum Gasteiger partial charge on any atom is 0.316 e. The lowest BCUT2D eigenvalue weighted by molar-refractivity contribution is -0.141. The number of carbonyl (C=O) groups is 1. The first-order chi connectivity index (χ1) is 12.5. The van der Waals surface area contributed by atoms with Crippen LogP contribution in [0.5, 0.6) is 5.75 Å². The highest BCUT2D eigenvalue weighted by atomic mass is 79.9. The van der Waals surface area contributed by atoms with Crippen LogP contribution in [0.25, 0.3) is 0 Å². The lowest BCUT2D eigenvalue weighted by Gasteiger charge is -2.38. The van der Waals surface area contributed by atoms with Gasteiger partial charge in [0.25, 0.3) is 0 Å². The number of carbonyl (C=O) groups excluding carboxylic acids is 1. The number of nitrogens with one attached hydrogen (secondary N) is 1. The van der Waals surface area contributed by atoms with Crippen molar-refractivity contribution in [3.8, 4) is 5.75 Å². The molecule has 1 N–H and O–H groups in total. The number of rotatable bonds is 1. The highest BCUT2D eigenvalue weighted by Gasteiger charge is 2.50. The Morgan fingerprint density at radius 1 is 1.19 bits per heavy atom. The summed E-state index contributed by atoms with van der Waals surface area (Å²) in [6.45, 7) is 1.87. The van der Waals surface area contributed by atoms with Gasteiger partial charge in [-0.15, -0.1) is 0 Å². The Morgan fingerprint density at radius 2 is 2.04 bits per heavy atom. The summed E-state index contributed by atoms with van der Waals surface area (Å²) in [7, 11) is 0. The molecule has 132 valence electrons. The second-order valence-corrected chi connectivity index (χ2v) is 9.38. The van der Waals surface area contributed by atoms with Crippen molar-refractivity contribution in [2.45, 2.75) is 23.1 Å². The van der Waals surface area contributed by atoms with Crippen LogP contribution in [-0.2, 0) is 4.79 Å². The first-order valence-corrected chi connectivity index (χ1v) is 10.5. The molecule has 2 aliphatic heterocycles. The predicted octanol–water partition coefficient (Wildman–Crippen LogP) is 4.61. The van der Waals surface area contributed by atoms with E-state index in [-0.39, 0.29) is 22.0 Å². The normalized spacial score (nSPS) is 23.8. The number of thiazole rings is 1. The van der Waals surface area contributed by atoms with Gasteiger partial charge in [-0.05, 0) is 37.3 Å². The fourth-order valence-electron chi connectivity index (χ4n) is 3.62. The molecule has 2 aliphatic rings. The number of furan rings is 1. The van der Waals surface area contributed by atoms with Crippen LogP contribution in [0.1, 0.15) is 33.1 Å². The topological polar surface area (TPSA) is 72.3 Å². The van der Waals surface area contributed by atoms with Crippen LogP contribution in [-0.4, -0.2) is 11.0 Å². The Morgan fingerprint density at radius 3 is 2.81 bits per heavy atom.